The highest BCUT2D eigenvalue weighted by molar-refractivity contribution is 6.29. The lowest BCUT2D eigenvalue weighted by Crippen LogP contribution is -2.36. The Morgan fingerprint density at radius 3 is 2.96 bits per heavy atom. The van der Waals surface area contributed by atoms with Crippen molar-refractivity contribution in [1.29, 1.82) is 0 Å². The number of rotatable bonds is 4. The van der Waals surface area contributed by atoms with Gasteiger partial charge in [-0.3, -0.25) is 10.1 Å². The first-order valence-corrected chi connectivity index (χ1v) is 8.52. The molecule has 0 atom stereocenters. The van der Waals surface area contributed by atoms with Crippen LogP contribution in [0.3, 0.4) is 0 Å². The highest BCUT2D eigenvalue weighted by Gasteiger charge is 2.39. The number of H-pyrrole nitrogens is 1. The molecule has 0 saturated carbocycles. The number of hydrogen-bond acceptors (Lipinski definition) is 5. The number of nitrogens with zero attached hydrogens (tertiary/aromatic N) is 4. The number of pyridine rings is 2. The molecule has 6 nitrogen and oxygen atoms in total. The number of anilines is 2. The highest BCUT2D eigenvalue weighted by Crippen LogP contribution is 2.41. The molecule has 0 fully saturated rings. The van der Waals surface area contributed by atoms with Crippen molar-refractivity contribution in [3.8, 4) is 0 Å². The molecule has 7 heteroatoms. The lowest BCUT2D eigenvalue weighted by molar-refractivity contribution is 0.506. The summed E-state index contributed by atoms with van der Waals surface area (Å²) in [5.74, 6) is 0.887. The third-order valence-electron chi connectivity index (χ3n) is 4.60. The molecule has 0 spiro atoms. The molecule has 0 aliphatic carbocycles. The summed E-state index contributed by atoms with van der Waals surface area (Å²) in [4.78, 5) is 11.3. The second-order valence-corrected chi connectivity index (χ2v) is 7.05. The molecule has 4 heterocycles. The molecule has 0 unspecified atom stereocenters. The van der Waals surface area contributed by atoms with E-state index in [1.54, 1.807) is 6.20 Å². The Bertz CT molecular complexity index is 890. The highest BCUT2D eigenvalue weighted by atomic mass is 35.5. The molecular formula is C18H19ClN6. The van der Waals surface area contributed by atoms with Crippen molar-refractivity contribution in [2.24, 2.45) is 0 Å². The Labute approximate surface area is 151 Å². The van der Waals surface area contributed by atoms with Crippen molar-refractivity contribution < 1.29 is 0 Å². The Morgan fingerprint density at radius 1 is 1.28 bits per heavy atom. The lowest BCUT2D eigenvalue weighted by atomic mass is 9.99. The van der Waals surface area contributed by atoms with Crippen LogP contribution in [0, 0.1) is 0 Å². The minimum atomic E-state index is -0.239. The van der Waals surface area contributed by atoms with Gasteiger partial charge in [0.25, 0.3) is 0 Å². The molecule has 0 radical (unpaired) electrons. The fourth-order valence-corrected chi connectivity index (χ4v) is 3.45. The Morgan fingerprint density at radius 2 is 2.16 bits per heavy atom. The van der Waals surface area contributed by atoms with E-state index in [2.05, 4.69) is 56.4 Å². The van der Waals surface area contributed by atoms with Crippen LogP contribution >= 0.6 is 11.6 Å². The van der Waals surface area contributed by atoms with Gasteiger partial charge in [-0.15, -0.1) is 0 Å². The Balaban J connectivity index is 1.59. The maximum atomic E-state index is 6.10. The van der Waals surface area contributed by atoms with E-state index in [-0.39, 0.29) is 5.54 Å². The number of hydrogen-bond donors (Lipinski definition) is 2. The largest absolute Gasteiger partial charge is 0.366 e. The van der Waals surface area contributed by atoms with Crippen molar-refractivity contribution in [3.63, 3.8) is 0 Å². The average Bonchev–Trinajstić information content (AvgIpc) is 3.20. The topological polar surface area (TPSA) is 69.7 Å². The van der Waals surface area contributed by atoms with Gasteiger partial charge in [-0.2, -0.15) is 5.10 Å². The summed E-state index contributed by atoms with van der Waals surface area (Å²) >= 11 is 6.10. The van der Waals surface area contributed by atoms with E-state index >= 15 is 0 Å². The van der Waals surface area contributed by atoms with E-state index in [0.29, 0.717) is 11.7 Å². The monoisotopic (exact) mass is 354 g/mol. The number of aromatic nitrogens is 4. The van der Waals surface area contributed by atoms with Gasteiger partial charge in [-0.1, -0.05) is 17.7 Å². The van der Waals surface area contributed by atoms with Gasteiger partial charge in [-0.25, -0.2) is 4.98 Å². The first-order chi connectivity index (χ1) is 12.0. The number of fused-ring (bicyclic) bond motifs is 1. The van der Waals surface area contributed by atoms with Crippen LogP contribution < -0.4 is 10.2 Å². The van der Waals surface area contributed by atoms with E-state index in [4.69, 9.17) is 11.6 Å². The molecule has 25 heavy (non-hydrogen) atoms. The molecule has 0 bridgehead atoms. The molecule has 1 aliphatic rings. The molecule has 3 aromatic heterocycles. The van der Waals surface area contributed by atoms with Crippen molar-refractivity contribution in [2.75, 3.05) is 10.2 Å². The van der Waals surface area contributed by atoms with E-state index in [1.807, 2.05) is 24.5 Å². The summed E-state index contributed by atoms with van der Waals surface area (Å²) in [5, 5.41) is 10.7. The second-order valence-electron chi connectivity index (χ2n) is 6.66. The van der Waals surface area contributed by atoms with Crippen LogP contribution in [-0.2, 0) is 18.6 Å². The molecule has 2 N–H and O–H groups in total. The summed E-state index contributed by atoms with van der Waals surface area (Å²) in [7, 11) is 0. The zero-order valence-electron chi connectivity index (χ0n) is 14.1. The van der Waals surface area contributed by atoms with Crippen LogP contribution in [0.15, 0.2) is 42.9 Å². The summed E-state index contributed by atoms with van der Waals surface area (Å²) in [6.45, 7) is 5.80. The maximum Gasteiger partial charge on any atom is 0.129 e. The molecule has 3 aromatic rings. The SMILES string of the molecule is CC1(C)c2nc(Cl)ccc2CN1c1cncc(CNc2ccn[nH]2)c1. The van der Waals surface area contributed by atoms with Gasteiger partial charge in [0, 0.05) is 19.3 Å². The molecule has 4 rings (SSSR count). The quantitative estimate of drug-likeness (QED) is 0.699. The van der Waals surface area contributed by atoms with Crippen LogP contribution in [0.4, 0.5) is 11.5 Å². The van der Waals surface area contributed by atoms with Gasteiger partial charge in [0.2, 0.25) is 0 Å². The number of nitrogens with one attached hydrogen (secondary N) is 2. The number of halogens is 1. The maximum absolute atomic E-state index is 6.10. The van der Waals surface area contributed by atoms with Crippen LogP contribution in [0.2, 0.25) is 5.15 Å². The van der Waals surface area contributed by atoms with Gasteiger partial charge in [0.1, 0.15) is 11.0 Å². The first-order valence-electron chi connectivity index (χ1n) is 8.15. The van der Waals surface area contributed by atoms with Gasteiger partial charge in [0.05, 0.1) is 29.3 Å². The standard InChI is InChI=1S/C18H19ClN6/c1-18(2)17-13(3-4-15(19)23-17)11-25(18)14-7-12(8-20-10-14)9-21-16-5-6-22-24-16/h3-8,10H,9,11H2,1-2H3,(H2,21,22,24). The Hall–Kier alpha value is -2.60. The zero-order valence-corrected chi connectivity index (χ0v) is 14.9. The normalized spacial score (nSPS) is 15.2. The van der Waals surface area contributed by atoms with E-state index in [9.17, 15) is 0 Å². The number of aromatic amines is 1. The van der Waals surface area contributed by atoms with E-state index in [0.717, 1.165) is 29.3 Å². The van der Waals surface area contributed by atoms with Crippen molar-refractivity contribution in [3.05, 3.63) is 64.8 Å². The first kappa shape index (κ1) is 15.9. The lowest BCUT2D eigenvalue weighted by Gasteiger charge is -2.33. The van der Waals surface area contributed by atoms with Crippen LogP contribution in [-0.4, -0.2) is 20.2 Å². The predicted molar refractivity (Wildman–Crippen MR) is 98.6 cm³/mol. The molecule has 0 amide bonds. The summed E-state index contributed by atoms with van der Waals surface area (Å²) in [5.41, 5.74) is 4.17. The summed E-state index contributed by atoms with van der Waals surface area (Å²) in [6.07, 6.45) is 5.49. The van der Waals surface area contributed by atoms with Crippen LogP contribution in [0.25, 0.3) is 0 Å². The average molecular weight is 355 g/mol. The van der Waals surface area contributed by atoms with Gasteiger partial charge >= 0.3 is 0 Å². The third kappa shape index (κ3) is 2.93. The molecule has 0 aromatic carbocycles. The minimum absolute atomic E-state index is 0.239. The van der Waals surface area contributed by atoms with Gasteiger partial charge in [-0.05, 0) is 43.2 Å². The van der Waals surface area contributed by atoms with Crippen molar-refractivity contribution in [2.45, 2.75) is 32.5 Å². The summed E-state index contributed by atoms with van der Waals surface area (Å²) in [6, 6.07) is 7.96. The van der Waals surface area contributed by atoms with E-state index in [1.165, 1.54) is 5.56 Å². The minimum Gasteiger partial charge on any atom is -0.366 e. The predicted octanol–water partition coefficient (Wildman–Crippen LogP) is 3.72. The molecular weight excluding hydrogens is 336 g/mol. The van der Waals surface area contributed by atoms with Crippen molar-refractivity contribution >= 4 is 23.1 Å². The fraction of sp³-hybridized carbons (Fsp3) is 0.278. The fourth-order valence-electron chi connectivity index (χ4n) is 3.30. The second kappa shape index (κ2) is 6.04. The Kier molecular flexibility index (Phi) is 3.84. The van der Waals surface area contributed by atoms with E-state index < -0.39 is 0 Å². The zero-order chi connectivity index (χ0) is 17.4. The molecule has 1 aliphatic heterocycles. The van der Waals surface area contributed by atoms with Gasteiger partial charge in [0.15, 0.2) is 0 Å². The summed E-state index contributed by atoms with van der Waals surface area (Å²) < 4.78 is 0. The van der Waals surface area contributed by atoms with Crippen molar-refractivity contribution in [1.82, 2.24) is 20.2 Å². The van der Waals surface area contributed by atoms with Crippen LogP contribution in [0.5, 0.6) is 0 Å². The third-order valence-corrected chi connectivity index (χ3v) is 4.81. The smallest absolute Gasteiger partial charge is 0.129 e. The molecule has 0 saturated heterocycles. The van der Waals surface area contributed by atoms with Gasteiger partial charge < -0.3 is 10.2 Å². The van der Waals surface area contributed by atoms with Crippen LogP contribution in [0.1, 0.15) is 30.7 Å². The molecule has 128 valence electrons.